The lowest BCUT2D eigenvalue weighted by Gasteiger charge is -2.44. The molecule has 0 aromatic carbocycles. The van der Waals surface area contributed by atoms with Gasteiger partial charge in [0.25, 0.3) is 0 Å². The number of hydrogen-bond acceptors (Lipinski definition) is 3. The van der Waals surface area contributed by atoms with Gasteiger partial charge in [0.05, 0.1) is 0 Å². The molecule has 0 amide bonds. The van der Waals surface area contributed by atoms with Crippen molar-refractivity contribution in [1.29, 1.82) is 0 Å². The highest BCUT2D eigenvalue weighted by molar-refractivity contribution is 6.82. The van der Waals surface area contributed by atoms with Crippen LogP contribution in [0.25, 0.3) is 0 Å². The third-order valence-electron chi connectivity index (χ3n) is 4.07. The molecule has 1 fully saturated rings. The van der Waals surface area contributed by atoms with E-state index >= 15 is 0 Å². The van der Waals surface area contributed by atoms with Gasteiger partial charge in [0, 0.05) is 32.3 Å². The standard InChI is InChI=1S/C11H26N3Si2/c1-11(2,3)16(5,12-15)10-14-8-6-13(4)7-9-14/h12H,6-10H2,1-5H3. The summed E-state index contributed by atoms with van der Waals surface area (Å²) in [4.78, 5) is 5.03. The molecule has 0 aromatic rings. The van der Waals surface area contributed by atoms with Gasteiger partial charge in [0.2, 0.25) is 0 Å². The number of rotatable bonds is 3. The molecule has 0 bridgehead atoms. The molecule has 93 valence electrons. The summed E-state index contributed by atoms with van der Waals surface area (Å²) in [6, 6.07) is 0. The Hall–Kier alpha value is 0.314. The van der Waals surface area contributed by atoms with Crippen molar-refractivity contribution in [1.82, 2.24) is 14.4 Å². The average molecular weight is 257 g/mol. The van der Waals surface area contributed by atoms with Crippen LogP contribution in [0.3, 0.4) is 0 Å². The maximum absolute atomic E-state index is 3.57. The first-order valence-electron chi connectivity index (χ1n) is 6.13. The monoisotopic (exact) mass is 256 g/mol. The minimum atomic E-state index is -1.46. The van der Waals surface area contributed by atoms with Gasteiger partial charge in [-0.15, -0.1) is 0 Å². The van der Waals surface area contributed by atoms with Crippen molar-refractivity contribution in [2.45, 2.75) is 32.4 Å². The highest BCUT2D eigenvalue weighted by atomic mass is 28.4. The predicted molar refractivity (Wildman–Crippen MR) is 74.2 cm³/mol. The summed E-state index contributed by atoms with van der Waals surface area (Å²) in [7, 11) is 4.32. The predicted octanol–water partition coefficient (Wildman–Crippen LogP) is 0.821. The van der Waals surface area contributed by atoms with Crippen LogP contribution in [0, 0.1) is 0 Å². The highest BCUT2D eigenvalue weighted by Crippen LogP contribution is 2.34. The van der Waals surface area contributed by atoms with Crippen molar-refractivity contribution < 1.29 is 0 Å². The lowest BCUT2D eigenvalue weighted by atomic mass is 10.2. The quantitative estimate of drug-likeness (QED) is 0.755. The largest absolute Gasteiger partial charge is 0.362 e. The Labute approximate surface area is 105 Å². The molecule has 1 rings (SSSR count). The van der Waals surface area contributed by atoms with Gasteiger partial charge >= 0.3 is 0 Å². The first-order chi connectivity index (χ1) is 7.28. The molecule has 16 heavy (non-hydrogen) atoms. The van der Waals surface area contributed by atoms with Crippen molar-refractivity contribution in [3.8, 4) is 0 Å². The maximum atomic E-state index is 3.57. The molecule has 1 aliphatic heterocycles. The fourth-order valence-electron chi connectivity index (χ4n) is 1.92. The summed E-state index contributed by atoms with van der Waals surface area (Å²) in [5.74, 6) is 0. The van der Waals surface area contributed by atoms with Gasteiger partial charge in [0.1, 0.15) is 18.6 Å². The van der Waals surface area contributed by atoms with E-state index in [4.69, 9.17) is 0 Å². The van der Waals surface area contributed by atoms with E-state index in [1.165, 1.54) is 32.3 Å². The molecule has 1 N–H and O–H groups in total. The average Bonchev–Trinajstić information content (AvgIpc) is 2.19. The lowest BCUT2D eigenvalue weighted by molar-refractivity contribution is 0.169. The molecule has 0 aliphatic carbocycles. The fourth-order valence-corrected chi connectivity index (χ4v) is 5.42. The highest BCUT2D eigenvalue weighted by Gasteiger charge is 2.40. The van der Waals surface area contributed by atoms with E-state index in [0.717, 1.165) is 0 Å². The van der Waals surface area contributed by atoms with Crippen LogP contribution in [-0.4, -0.2) is 67.8 Å². The normalized spacial score (nSPS) is 24.4. The molecule has 1 atom stereocenters. The molecule has 3 nitrogen and oxygen atoms in total. The molecular weight excluding hydrogens is 230 g/mol. The smallest absolute Gasteiger partial charge is 0.135 e. The van der Waals surface area contributed by atoms with Crippen LogP contribution in [0.5, 0.6) is 0 Å². The van der Waals surface area contributed by atoms with E-state index < -0.39 is 8.24 Å². The summed E-state index contributed by atoms with van der Waals surface area (Å²) in [5.41, 5.74) is 0. The topological polar surface area (TPSA) is 18.5 Å². The zero-order valence-corrected chi connectivity index (χ0v) is 13.4. The van der Waals surface area contributed by atoms with Crippen LogP contribution in [-0.2, 0) is 0 Å². The SMILES string of the molecule is CN1CCN(C[Si](C)(N[Si])C(C)(C)C)CC1. The van der Waals surface area contributed by atoms with Gasteiger partial charge in [-0.25, -0.2) is 0 Å². The van der Waals surface area contributed by atoms with E-state index in [2.05, 4.69) is 59.2 Å². The van der Waals surface area contributed by atoms with Gasteiger partial charge in [-0.3, -0.25) is 0 Å². The molecule has 1 heterocycles. The Morgan fingerprint density at radius 1 is 1.19 bits per heavy atom. The van der Waals surface area contributed by atoms with Crippen LogP contribution in [0.2, 0.25) is 11.6 Å². The van der Waals surface area contributed by atoms with Crippen LogP contribution in [0.4, 0.5) is 0 Å². The Kier molecular flexibility index (Phi) is 4.77. The molecule has 1 aliphatic rings. The van der Waals surface area contributed by atoms with E-state index in [1.807, 2.05) is 0 Å². The molecular formula is C11H26N3Si2. The summed E-state index contributed by atoms with van der Waals surface area (Å²) in [6.07, 6.45) is 1.23. The molecule has 5 heteroatoms. The first-order valence-corrected chi connectivity index (χ1v) is 9.34. The van der Waals surface area contributed by atoms with Crippen LogP contribution in [0.15, 0.2) is 0 Å². The van der Waals surface area contributed by atoms with Crippen LogP contribution >= 0.6 is 0 Å². The Morgan fingerprint density at radius 2 is 1.69 bits per heavy atom. The lowest BCUT2D eigenvalue weighted by Crippen LogP contribution is -2.63. The Bertz CT molecular complexity index is 222. The number of nitrogens with zero attached hydrogens (tertiary/aromatic N) is 2. The van der Waals surface area contributed by atoms with Gasteiger partial charge in [-0.1, -0.05) is 27.3 Å². The Balaban J connectivity index is 2.57. The third-order valence-corrected chi connectivity index (χ3v) is 10.7. The zero-order valence-electron chi connectivity index (χ0n) is 11.4. The minimum absolute atomic E-state index is 0.373. The van der Waals surface area contributed by atoms with Crippen molar-refractivity contribution >= 4 is 18.6 Å². The zero-order chi connectivity index (χ0) is 12.4. The second-order valence-electron chi connectivity index (χ2n) is 6.29. The van der Waals surface area contributed by atoms with E-state index in [1.54, 1.807) is 0 Å². The van der Waals surface area contributed by atoms with Crippen LogP contribution < -0.4 is 4.65 Å². The fraction of sp³-hybridized carbons (Fsp3) is 1.00. The molecule has 0 aromatic heterocycles. The molecule has 0 spiro atoms. The van der Waals surface area contributed by atoms with E-state index in [-0.39, 0.29) is 0 Å². The van der Waals surface area contributed by atoms with Gasteiger partial charge in [0.15, 0.2) is 0 Å². The van der Waals surface area contributed by atoms with Gasteiger partial charge < -0.3 is 14.4 Å². The molecule has 1 unspecified atom stereocenters. The second kappa shape index (κ2) is 5.31. The summed E-state index contributed by atoms with van der Waals surface area (Å²) in [6.45, 7) is 14.3. The Morgan fingerprint density at radius 3 is 2.06 bits per heavy atom. The number of piperazine rings is 1. The molecule has 0 saturated carbocycles. The maximum Gasteiger partial charge on any atom is 0.135 e. The molecule has 3 radical (unpaired) electrons. The first kappa shape index (κ1) is 14.4. The van der Waals surface area contributed by atoms with Crippen LogP contribution in [0.1, 0.15) is 20.8 Å². The summed E-state index contributed by atoms with van der Waals surface area (Å²) >= 11 is 0. The van der Waals surface area contributed by atoms with Crippen molar-refractivity contribution in [2.24, 2.45) is 0 Å². The summed E-state index contributed by atoms with van der Waals surface area (Å²) < 4.78 is 3.47. The van der Waals surface area contributed by atoms with E-state index in [0.29, 0.717) is 5.04 Å². The van der Waals surface area contributed by atoms with Crippen molar-refractivity contribution in [2.75, 3.05) is 39.4 Å². The second-order valence-corrected chi connectivity index (χ2v) is 11.8. The minimum Gasteiger partial charge on any atom is -0.362 e. The number of nitrogens with one attached hydrogen (secondary N) is 1. The van der Waals surface area contributed by atoms with E-state index in [9.17, 15) is 0 Å². The number of likely N-dealkylation sites (N-methyl/N-ethyl adjacent to an activating group) is 1. The number of hydrogen-bond donors (Lipinski definition) is 1. The van der Waals surface area contributed by atoms with Crippen molar-refractivity contribution in [3.05, 3.63) is 0 Å². The molecule has 1 saturated heterocycles. The third kappa shape index (κ3) is 3.40. The van der Waals surface area contributed by atoms with Crippen molar-refractivity contribution in [3.63, 3.8) is 0 Å². The summed E-state index contributed by atoms with van der Waals surface area (Å²) in [5, 5.41) is 0.373. The van der Waals surface area contributed by atoms with Gasteiger partial charge in [-0.2, -0.15) is 0 Å². The van der Waals surface area contributed by atoms with Gasteiger partial charge in [-0.05, 0) is 12.1 Å².